The second-order valence-electron chi connectivity index (χ2n) is 6.41. The number of carboxylic acid groups (broad SMARTS) is 1. The number of anilines is 1. The van der Waals surface area contributed by atoms with Gasteiger partial charge < -0.3 is 15.7 Å². The Morgan fingerprint density at radius 2 is 2.11 bits per heavy atom. The molecule has 142 valence electrons. The van der Waals surface area contributed by atoms with Gasteiger partial charge in [-0.2, -0.15) is 13.2 Å². The van der Waals surface area contributed by atoms with Crippen LogP contribution >= 0.6 is 22.7 Å². The Morgan fingerprint density at radius 1 is 1.37 bits per heavy atom. The average Bonchev–Trinajstić information content (AvgIpc) is 3.11. The van der Waals surface area contributed by atoms with Crippen molar-refractivity contribution in [2.24, 2.45) is 0 Å². The van der Waals surface area contributed by atoms with Gasteiger partial charge in [0, 0.05) is 16.5 Å². The molecule has 3 aromatic rings. The third kappa shape index (κ3) is 3.02. The Bertz CT molecular complexity index is 1060. The highest BCUT2D eigenvalue weighted by molar-refractivity contribution is 7.22. The number of nitrogens with zero attached hydrogens (tertiary/aromatic N) is 2. The van der Waals surface area contributed by atoms with E-state index in [9.17, 15) is 23.1 Å². The second-order valence-corrected chi connectivity index (χ2v) is 8.57. The number of nitrogens with two attached hydrogens (primary N) is 1. The molecule has 0 fully saturated rings. The van der Waals surface area contributed by atoms with E-state index in [1.165, 1.54) is 33.6 Å². The molecule has 3 N–H and O–H groups in total. The molecule has 0 saturated heterocycles. The van der Waals surface area contributed by atoms with Crippen LogP contribution in [-0.2, 0) is 19.1 Å². The fraction of sp³-hybridized carbons (Fsp3) is 0.294. The van der Waals surface area contributed by atoms with Crippen LogP contribution in [0.25, 0.3) is 20.8 Å². The Kier molecular flexibility index (Phi) is 4.08. The van der Waals surface area contributed by atoms with Crippen LogP contribution in [0.4, 0.5) is 23.0 Å². The fourth-order valence-electron chi connectivity index (χ4n) is 3.29. The van der Waals surface area contributed by atoms with E-state index in [2.05, 4.69) is 4.98 Å². The highest BCUT2D eigenvalue weighted by atomic mass is 32.1. The monoisotopic (exact) mass is 413 g/mol. The summed E-state index contributed by atoms with van der Waals surface area (Å²) in [6.45, 7) is 2.08. The summed E-state index contributed by atoms with van der Waals surface area (Å²) in [5, 5.41) is 10.4. The molecule has 5 nitrogen and oxygen atoms in total. The summed E-state index contributed by atoms with van der Waals surface area (Å²) < 4.78 is 39.5. The van der Waals surface area contributed by atoms with Crippen LogP contribution in [0.1, 0.15) is 22.9 Å². The molecule has 1 aromatic carbocycles. The first-order valence-electron chi connectivity index (χ1n) is 8.03. The zero-order chi connectivity index (χ0) is 19.5. The van der Waals surface area contributed by atoms with Crippen LogP contribution in [0.3, 0.4) is 0 Å². The molecule has 0 spiro atoms. The standard InChI is InChI=1S/C17H14F3N3O2S2/c1-7-4-9-12(6-23(7)16(24)25)26-14(21)13(9)15-22-10-5-8(17(18,19)20)2-3-11(10)27-15/h2-3,5,7H,4,6,21H2,1H3,(H,24,25). The molecule has 27 heavy (non-hydrogen) atoms. The minimum absolute atomic E-state index is 0.214. The van der Waals surface area contributed by atoms with E-state index in [1.54, 1.807) is 0 Å². The predicted octanol–water partition coefficient (Wildman–Crippen LogP) is 5.05. The van der Waals surface area contributed by atoms with E-state index < -0.39 is 17.8 Å². The van der Waals surface area contributed by atoms with E-state index >= 15 is 0 Å². The maximum absolute atomic E-state index is 12.9. The molecule has 0 radical (unpaired) electrons. The molecular weight excluding hydrogens is 399 g/mol. The number of alkyl halides is 3. The van der Waals surface area contributed by atoms with Crippen LogP contribution in [0.15, 0.2) is 18.2 Å². The molecule has 0 saturated carbocycles. The van der Waals surface area contributed by atoms with Gasteiger partial charge in [0.2, 0.25) is 0 Å². The van der Waals surface area contributed by atoms with Crippen molar-refractivity contribution in [2.75, 3.05) is 5.73 Å². The molecule has 2 aromatic heterocycles. The molecular formula is C17H14F3N3O2S2. The average molecular weight is 413 g/mol. The number of nitrogen functional groups attached to an aromatic ring is 1. The lowest BCUT2D eigenvalue weighted by atomic mass is 9.98. The number of amides is 1. The van der Waals surface area contributed by atoms with Gasteiger partial charge in [-0.1, -0.05) is 0 Å². The number of thiophene rings is 1. The highest BCUT2D eigenvalue weighted by Crippen LogP contribution is 2.45. The first kappa shape index (κ1) is 18.1. The molecule has 1 amide bonds. The zero-order valence-electron chi connectivity index (χ0n) is 14.0. The van der Waals surface area contributed by atoms with E-state index in [4.69, 9.17) is 5.73 Å². The number of benzene rings is 1. The van der Waals surface area contributed by atoms with Gasteiger partial charge in [-0.05, 0) is 37.1 Å². The number of fused-ring (bicyclic) bond motifs is 2. The SMILES string of the molecule is CC1Cc2c(sc(N)c2-c2nc3cc(C(F)(F)F)ccc3s2)CN1C(=O)O. The van der Waals surface area contributed by atoms with E-state index in [1.807, 2.05) is 6.92 Å². The van der Waals surface area contributed by atoms with Crippen molar-refractivity contribution in [1.82, 2.24) is 9.88 Å². The lowest BCUT2D eigenvalue weighted by molar-refractivity contribution is -0.137. The highest BCUT2D eigenvalue weighted by Gasteiger charge is 2.33. The topological polar surface area (TPSA) is 79.5 Å². The van der Waals surface area contributed by atoms with E-state index in [0.29, 0.717) is 21.1 Å². The van der Waals surface area contributed by atoms with Crippen molar-refractivity contribution in [2.45, 2.75) is 32.1 Å². The van der Waals surface area contributed by atoms with Gasteiger partial charge in [-0.3, -0.25) is 0 Å². The summed E-state index contributed by atoms with van der Waals surface area (Å²) in [6.07, 6.45) is -4.91. The quantitative estimate of drug-likeness (QED) is 0.585. The van der Waals surface area contributed by atoms with E-state index in [0.717, 1.165) is 28.1 Å². The number of halogens is 3. The number of carbonyl (C=O) groups is 1. The summed E-state index contributed by atoms with van der Waals surface area (Å²) in [7, 11) is 0. The largest absolute Gasteiger partial charge is 0.465 e. The zero-order valence-corrected chi connectivity index (χ0v) is 15.6. The van der Waals surface area contributed by atoms with Gasteiger partial charge >= 0.3 is 12.3 Å². The summed E-state index contributed by atoms with van der Waals surface area (Å²) >= 11 is 2.60. The molecule has 1 atom stereocenters. The normalized spacial score (nSPS) is 17.3. The Morgan fingerprint density at radius 3 is 2.78 bits per heavy atom. The molecule has 4 rings (SSSR count). The number of rotatable bonds is 1. The van der Waals surface area contributed by atoms with Gasteiger partial charge in [0.25, 0.3) is 0 Å². The number of thiazole rings is 1. The maximum atomic E-state index is 12.9. The number of hydrogen-bond acceptors (Lipinski definition) is 5. The van der Waals surface area contributed by atoms with Crippen LogP contribution in [0.2, 0.25) is 0 Å². The van der Waals surface area contributed by atoms with E-state index in [-0.39, 0.29) is 18.1 Å². The summed E-state index contributed by atoms with van der Waals surface area (Å²) in [4.78, 5) is 18.0. The van der Waals surface area contributed by atoms with Crippen molar-refractivity contribution >= 4 is 44.0 Å². The Hall–Kier alpha value is -2.33. The summed E-state index contributed by atoms with van der Waals surface area (Å²) in [5.74, 6) is 0. The van der Waals surface area contributed by atoms with Crippen molar-refractivity contribution < 1.29 is 23.1 Å². The number of hydrogen-bond donors (Lipinski definition) is 2. The van der Waals surface area contributed by atoms with Gasteiger partial charge in [0.15, 0.2) is 0 Å². The molecule has 10 heteroatoms. The maximum Gasteiger partial charge on any atom is 0.416 e. The van der Waals surface area contributed by atoms with Crippen molar-refractivity contribution in [3.63, 3.8) is 0 Å². The lowest BCUT2D eigenvalue weighted by Gasteiger charge is -2.31. The first-order chi connectivity index (χ1) is 12.6. The van der Waals surface area contributed by atoms with Gasteiger partial charge in [0.1, 0.15) is 5.01 Å². The second kappa shape index (κ2) is 6.10. The summed E-state index contributed by atoms with van der Waals surface area (Å²) in [5.41, 5.74) is 7.39. The summed E-state index contributed by atoms with van der Waals surface area (Å²) in [6, 6.07) is 3.29. The molecule has 0 aliphatic carbocycles. The molecule has 3 heterocycles. The van der Waals surface area contributed by atoms with Crippen LogP contribution in [0, 0.1) is 0 Å². The minimum atomic E-state index is -4.42. The van der Waals surface area contributed by atoms with Crippen molar-refractivity contribution in [3.05, 3.63) is 34.2 Å². The fourth-order valence-corrected chi connectivity index (χ4v) is 5.49. The third-order valence-corrected chi connectivity index (χ3v) is 6.74. The van der Waals surface area contributed by atoms with Gasteiger partial charge in [0.05, 0.1) is 27.3 Å². The van der Waals surface area contributed by atoms with Crippen molar-refractivity contribution in [1.29, 1.82) is 0 Å². The molecule has 1 unspecified atom stereocenters. The van der Waals surface area contributed by atoms with Gasteiger partial charge in [-0.25, -0.2) is 9.78 Å². The van der Waals surface area contributed by atoms with Crippen molar-refractivity contribution in [3.8, 4) is 10.6 Å². The smallest absolute Gasteiger partial charge is 0.416 e. The first-order valence-corrected chi connectivity index (χ1v) is 9.66. The lowest BCUT2D eigenvalue weighted by Crippen LogP contribution is -2.41. The predicted molar refractivity (Wildman–Crippen MR) is 99.1 cm³/mol. The third-order valence-electron chi connectivity index (χ3n) is 4.64. The Balaban J connectivity index is 1.80. The van der Waals surface area contributed by atoms with Gasteiger partial charge in [-0.15, -0.1) is 22.7 Å². The number of aromatic nitrogens is 1. The Labute approximate surface area is 159 Å². The molecule has 1 aliphatic rings. The van der Waals surface area contributed by atoms with Crippen LogP contribution < -0.4 is 5.73 Å². The van der Waals surface area contributed by atoms with Crippen LogP contribution in [0.5, 0.6) is 0 Å². The minimum Gasteiger partial charge on any atom is -0.465 e. The molecule has 0 bridgehead atoms. The van der Waals surface area contributed by atoms with Crippen LogP contribution in [-0.4, -0.2) is 27.1 Å². The molecule has 1 aliphatic heterocycles.